The predicted octanol–water partition coefficient (Wildman–Crippen LogP) is 16.9. The molecule has 1 spiro atoms. The minimum absolute atomic E-state index is 0.173. The normalized spacial score (nSPS) is 18.9. The van der Waals surface area contributed by atoms with Gasteiger partial charge in [0.1, 0.15) is 11.2 Å². The van der Waals surface area contributed by atoms with Crippen LogP contribution in [0.15, 0.2) is 217 Å². The standard InChI is InChI=1S/C65H46N2O/c1-39-18-17-29-53-60(39)47-23-8-13-27-51(47)65(53)52-28-14-9-24-48(52)61-55(65)38-58(62-49-25-11-16-31-59(49)68-63(61)62)66(41-32-34-44-43-21-7-12-26-50(43)64(2,3)54(44)36-41)42-33-35-46-45-22-10-15-30-56(45)67(57(46)37-42)40-19-5-4-6-20-40/h4-38,47,51H,1-3H3/t47?,51?,65-/m1/s1. The third-order valence-electron chi connectivity index (χ3n) is 16.4. The van der Waals surface area contributed by atoms with Crippen LogP contribution in [0.5, 0.6) is 0 Å². The van der Waals surface area contributed by atoms with Gasteiger partial charge in [0.15, 0.2) is 0 Å². The molecular weight excluding hydrogens is 825 g/mol. The van der Waals surface area contributed by atoms with Crippen LogP contribution in [0.1, 0.15) is 58.7 Å². The molecule has 0 aliphatic heterocycles. The number of hydrogen-bond acceptors (Lipinski definition) is 2. The Morgan fingerprint density at radius 2 is 1.19 bits per heavy atom. The SMILES string of the molecule is Cc1cccc2c1C1C=CC=CC1[C@@]21c2ccccc2-c2c1cc(N(c1ccc3c(c1)C(C)(C)c1ccccc1-3)c1ccc3c4ccccc4n(-c4ccccc4)c3c1)c1c2oc2ccccc21. The highest BCUT2D eigenvalue weighted by atomic mass is 16.3. The molecule has 11 aromatic rings. The molecule has 15 rings (SSSR count). The fourth-order valence-electron chi connectivity index (χ4n) is 13.6. The van der Waals surface area contributed by atoms with E-state index < -0.39 is 5.41 Å². The molecule has 0 radical (unpaired) electrons. The first-order valence-electron chi connectivity index (χ1n) is 24.1. The third kappa shape index (κ3) is 4.73. The number of hydrogen-bond donors (Lipinski definition) is 0. The summed E-state index contributed by atoms with van der Waals surface area (Å²) in [6, 6.07) is 70.4. The van der Waals surface area contributed by atoms with Gasteiger partial charge in [0.05, 0.1) is 27.5 Å². The number of allylic oxidation sites excluding steroid dienone is 4. The number of furan rings is 1. The summed E-state index contributed by atoms with van der Waals surface area (Å²) >= 11 is 0. The minimum atomic E-state index is -0.460. The number of aromatic nitrogens is 1. The molecule has 0 saturated heterocycles. The molecular formula is C65H46N2O. The van der Waals surface area contributed by atoms with E-state index in [2.05, 4.69) is 243 Å². The van der Waals surface area contributed by atoms with Crippen molar-refractivity contribution in [3.05, 3.63) is 251 Å². The van der Waals surface area contributed by atoms with Crippen LogP contribution in [-0.2, 0) is 10.8 Å². The summed E-state index contributed by atoms with van der Waals surface area (Å²) in [6.45, 7) is 7.07. The topological polar surface area (TPSA) is 21.3 Å². The van der Waals surface area contributed by atoms with Crippen LogP contribution in [0.2, 0.25) is 0 Å². The van der Waals surface area contributed by atoms with E-state index in [0.717, 1.165) is 50.2 Å². The molecule has 3 nitrogen and oxygen atoms in total. The molecule has 4 aliphatic carbocycles. The fourth-order valence-corrected chi connectivity index (χ4v) is 13.6. The van der Waals surface area contributed by atoms with Gasteiger partial charge in [0, 0.05) is 56.0 Å². The van der Waals surface area contributed by atoms with E-state index in [9.17, 15) is 0 Å². The summed E-state index contributed by atoms with van der Waals surface area (Å²) in [7, 11) is 0. The van der Waals surface area contributed by atoms with E-state index in [1.165, 1.54) is 77.5 Å². The van der Waals surface area contributed by atoms with Crippen molar-refractivity contribution in [3.63, 3.8) is 0 Å². The predicted molar refractivity (Wildman–Crippen MR) is 281 cm³/mol. The number of aryl methyl sites for hydroxylation is 1. The van der Waals surface area contributed by atoms with Crippen LogP contribution in [0.25, 0.3) is 71.7 Å². The Bertz CT molecular complexity index is 4050. The summed E-state index contributed by atoms with van der Waals surface area (Å²) < 4.78 is 9.78. The lowest BCUT2D eigenvalue weighted by Gasteiger charge is -2.37. The van der Waals surface area contributed by atoms with Crippen molar-refractivity contribution in [2.45, 2.75) is 37.5 Å². The van der Waals surface area contributed by atoms with Crippen LogP contribution < -0.4 is 4.90 Å². The third-order valence-corrected chi connectivity index (χ3v) is 16.4. The van der Waals surface area contributed by atoms with E-state index in [1.54, 1.807) is 0 Å². The van der Waals surface area contributed by atoms with E-state index in [-0.39, 0.29) is 17.3 Å². The Balaban J connectivity index is 1.09. The first-order chi connectivity index (χ1) is 33.4. The maximum atomic E-state index is 7.34. The Morgan fingerprint density at radius 1 is 0.515 bits per heavy atom. The molecule has 0 N–H and O–H groups in total. The average Bonchev–Trinajstić information content (AvgIpc) is 4.15. The van der Waals surface area contributed by atoms with Gasteiger partial charge < -0.3 is 13.9 Å². The van der Waals surface area contributed by atoms with Gasteiger partial charge in [-0.3, -0.25) is 0 Å². The Kier molecular flexibility index (Phi) is 7.54. The Morgan fingerprint density at radius 3 is 2.07 bits per heavy atom. The molecule has 3 heteroatoms. The number of fused-ring (bicyclic) bond motifs is 20. The quantitative estimate of drug-likeness (QED) is 0.176. The van der Waals surface area contributed by atoms with Crippen LogP contribution in [0, 0.1) is 12.8 Å². The summed E-state index contributed by atoms with van der Waals surface area (Å²) in [6.07, 6.45) is 9.48. The highest BCUT2D eigenvalue weighted by Gasteiger charge is 2.58. The number of para-hydroxylation sites is 3. The molecule has 2 unspecified atom stereocenters. The van der Waals surface area contributed by atoms with Crippen molar-refractivity contribution >= 4 is 60.8 Å². The van der Waals surface area contributed by atoms with Gasteiger partial charge in [-0.1, -0.05) is 172 Å². The van der Waals surface area contributed by atoms with Gasteiger partial charge in [-0.2, -0.15) is 0 Å². The summed E-state index contributed by atoms with van der Waals surface area (Å²) in [5.41, 5.74) is 22.6. The van der Waals surface area contributed by atoms with Crippen molar-refractivity contribution in [1.82, 2.24) is 4.57 Å². The molecule has 4 aliphatic rings. The Labute approximate surface area is 395 Å². The minimum Gasteiger partial charge on any atom is -0.455 e. The largest absolute Gasteiger partial charge is 0.455 e. The van der Waals surface area contributed by atoms with E-state index in [4.69, 9.17) is 4.42 Å². The fraction of sp³-hybridized carbons (Fsp3) is 0.108. The molecule has 0 fully saturated rings. The van der Waals surface area contributed by atoms with Crippen molar-refractivity contribution in [2.24, 2.45) is 5.92 Å². The van der Waals surface area contributed by atoms with E-state index in [0.29, 0.717) is 0 Å². The molecule has 2 aromatic heterocycles. The average molecular weight is 871 g/mol. The number of anilines is 3. The zero-order valence-corrected chi connectivity index (χ0v) is 38.2. The molecule has 68 heavy (non-hydrogen) atoms. The molecule has 0 amide bonds. The number of nitrogens with zero attached hydrogens (tertiary/aromatic N) is 2. The highest BCUT2D eigenvalue weighted by Crippen LogP contribution is 2.68. The van der Waals surface area contributed by atoms with E-state index >= 15 is 0 Å². The molecule has 3 atom stereocenters. The molecule has 2 heterocycles. The van der Waals surface area contributed by atoms with Gasteiger partial charge in [0.2, 0.25) is 0 Å². The van der Waals surface area contributed by atoms with Gasteiger partial charge in [-0.05, 0) is 117 Å². The molecule has 322 valence electrons. The lowest BCUT2D eigenvalue weighted by Crippen LogP contribution is -2.33. The molecule has 9 aromatic carbocycles. The summed E-state index contributed by atoms with van der Waals surface area (Å²) in [5, 5.41) is 4.69. The maximum Gasteiger partial charge on any atom is 0.145 e. The second-order valence-corrected chi connectivity index (χ2v) is 20.0. The summed E-state index contributed by atoms with van der Waals surface area (Å²) in [5.74, 6) is 0.412. The van der Waals surface area contributed by atoms with Crippen molar-refractivity contribution < 1.29 is 4.42 Å². The van der Waals surface area contributed by atoms with Gasteiger partial charge in [0.25, 0.3) is 0 Å². The number of rotatable bonds is 4. The van der Waals surface area contributed by atoms with Gasteiger partial charge in [-0.25, -0.2) is 0 Å². The first-order valence-corrected chi connectivity index (χ1v) is 24.1. The number of benzene rings is 9. The zero-order valence-electron chi connectivity index (χ0n) is 38.2. The maximum absolute atomic E-state index is 7.34. The zero-order chi connectivity index (χ0) is 45.0. The van der Waals surface area contributed by atoms with Crippen molar-refractivity contribution in [3.8, 4) is 27.9 Å². The van der Waals surface area contributed by atoms with Crippen LogP contribution in [0.4, 0.5) is 17.1 Å². The first kappa shape index (κ1) is 38.0. The van der Waals surface area contributed by atoms with Crippen LogP contribution >= 0.6 is 0 Å². The van der Waals surface area contributed by atoms with Crippen molar-refractivity contribution in [1.29, 1.82) is 0 Å². The lowest BCUT2D eigenvalue weighted by molar-refractivity contribution is 0.465. The van der Waals surface area contributed by atoms with Crippen LogP contribution in [0.3, 0.4) is 0 Å². The van der Waals surface area contributed by atoms with Crippen molar-refractivity contribution in [2.75, 3.05) is 4.90 Å². The van der Waals surface area contributed by atoms with Gasteiger partial charge >= 0.3 is 0 Å². The second kappa shape index (κ2) is 13.5. The molecule has 0 bridgehead atoms. The van der Waals surface area contributed by atoms with E-state index in [1.807, 2.05) is 0 Å². The van der Waals surface area contributed by atoms with Gasteiger partial charge in [-0.15, -0.1) is 0 Å². The second-order valence-electron chi connectivity index (χ2n) is 20.0. The summed E-state index contributed by atoms with van der Waals surface area (Å²) in [4.78, 5) is 2.56. The smallest absolute Gasteiger partial charge is 0.145 e. The monoisotopic (exact) mass is 870 g/mol. The Hall–Kier alpha value is -8.14. The lowest BCUT2D eigenvalue weighted by atomic mass is 9.65. The highest BCUT2D eigenvalue weighted by molar-refractivity contribution is 6.20. The molecule has 0 saturated carbocycles. The van der Waals surface area contributed by atoms with Crippen LogP contribution in [-0.4, -0.2) is 4.57 Å².